The third-order valence-electron chi connectivity index (χ3n) is 1.41. The molecular weight excluding hydrogens is 247 g/mol. The van der Waals surface area contributed by atoms with Gasteiger partial charge in [0.15, 0.2) is 10.1 Å². The van der Waals surface area contributed by atoms with Gasteiger partial charge in [-0.2, -0.15) is 13.2 Å². The van der Waals surface area contributed by atoms with E-state index < -0.39 is 15.6 Å². The van der Waals surface area contributed by atoms with E-state index in [2.05, 4.69) is 17.9 Å². The second kappa shape index (κ2) is 5.83. The Morgan fingerprint density at radius 2 is 1.56 bits per heavy atom. The fraction of sp³-hybridized carbons (Fsp3) is 0.250. The number of benzene rings is 1. The summed E-state index contributed by atoms with van der Waals surface area (Å²) in [5.41, 5.74) is -0.591. The maximum Gasteiger partial charge on any atom is 0.485 e. The van der Waals surface area contributed by atoms with Crippen LogP contribution in [0, 0.1) is 0 Å². The molecule has 4 nitrogen and oxygen atoms in total. The van der Waals surface area contributed by atoms with Crippen LogP contribution in [-0.2, 0) is 16.7 Å². The third kappa shape index (κ3) is 5.69. The summed E-state index contributed by atoms with van der Waals surface area (Å²) in [6.45, 7) is 0.890. The fourth-order valence-corrected chi connectivity index (χ4v) is 0.645. The number of quaternary nitrogens is 1. The molecule has 0 aliphatic heterocycles. The molecule has 1 aromatic carbocycles. The highest BCUT2D eigenvalue weighted by atomic mass is 32.2. The molecule has 0 bridgehead atoms. The van der Waals surface area contributed by atoms with Crippen molar-refractivity contribution in [1.82, 2.24) is 0 Å². The van der Waals surface area contributed by atoms with Crippen LogP contribution in [0.2, 0.25) is 0 Å². The summed E-state index contributed by atoms with van der Waals surface area (Å²) in [5.74, 6) is 0. The number of alkyl halides is 3. The second-order valence-corrected chi connectivity index (χ2v) is 4.01. The van der Waals surface area contributed by atoms with Gasteiger partial charge >= 0.3 is 5.51 Å². The molecular formula is C8H10F3NO3S. The Balaban J connectivity index is 0.000000281. The lowest BCUT2D eigenvalue weighted by Crippen LogP contribution is -2.47. The molecule has 1 aromatic rings. The van der Waals surface area contributed by atoms with Crippen LogP contribution in [0.15, 0.2) is 30.3 Å². The number of rotatable bonds is 1. The van der Waals surface area contributed by atoms with Crippen LogP contribution in [0.5, 0.6) is 0 Å². The van der Waals surface area contributed by atoms with Gasteiger partial charge in [-0.05, 0) is 0 Å². The SMILES string of the molecule is O=S(=O)([O-])C(F)(F)F.[NH3+]Cc1ccccc1. The molecule has 16 heavy (non-hydrogen) atoms. The molecule has 0 aliphatic rings. The van der Waals surface area contributed by atoms with Crippen molar-refractivity contribution < 1.29 is 31.9 Å². The topological polar surface area (TPSA) is 84.8 Å². The zero-order chi connectivity index (χ0) is 12.8. The summed E-state index contributed by atoms with van der Waals surface area (Å²) < 4.78 is 58.9. The normalized spacial score (nSPS) is 11.6. The van der Waals surface area contributed by atoms with E-state index in [1.165, 1.54) is 5.56 Å². The second-order valence-electron chi connectivity index (χ2n) is 2.64. The lowest BCUT2D eigenvalue weighted by atomic mass is 10.2. The fourth-order valence-electron chi connectivity index (χ4n) is 0.645. The summed E-state index contributed by atoms with van der Waals surface area (Å²) in [5, 5.41) is 0. The Hall–Kier alpha value is -1.12. The highest BCUT2D eigenvalue weighted by Gasteiger charge is 2.36. The van der Waals surface area contributed by atoms with Gasteiger partial charge in [0.2, 0.25) is 0 Å². The minimum atomic E-state index is -6.09. The first kappa shape index (κ1) is 14.9. The van der Waals surface area contributed by atoms with E-state index in [1.54, 1.807) is 0 Å². The Morgan fingerprint density at radius 3 is 1.75 bits per heavy atom. The van der Waals surface area contributed by atoms with E-state index in [0.29, 0.717) is 0 Å². The van der Waals surface area contributed by atoms with Gasteiger partial charge in [-0.1, -0.05) is 30.3 Å². The largest absolute Gasteiger partial charge is 0.741 e. The summed E-state index contributed by atoms with van der Waals surface area (Å²) in [6.07, 6.45) is 0. The third-order valence-corrected chi connectivity index (χ3v) is 1.98. The zero-order valence-corrected chi connectivity index (χ0v) is 8.88. The van der Waals surface area contributed by atoms with Crippen LogP contribution >= 0.6 is 0 Å². The molecule has 0 heterocycles. The smallest absolute Gasteiger partial charge is 0.485 e. The minimum Gasteiger partial charge on any atom is -0.741 e. The molecule has 0 fully saturated rings. The lowest BCUT2D eigenvalue weighted by molar-refractivity contribution is -0.386. The van der Waals surface area contributed by atoms with E-state index in [9.17, 15) is 13.2 Å². The molecule has 0 saturated heterocycles. The van der Waals surface area contributed by atoms with E-state index >= 15 is 0 Å². The van der Waals surface area contributed by atoms with Crippen LogP contribution < -0.4 is 5.73 Å². The predicted octanol–water partition coefficient (Wildman–Crippen LogP) is 0.480. The summed E-state index contributed by atoms with van der Waals surface area (Å²) in [4.78, 5) is 0. The molecule has 0 aromatic heterocycles. The summed E-state index contributed by atoms with van der Waals surface area (Å²) >= 11 is 0. The first-order chi connectivity index (χ1) is 7.18. The first-order valence-corrected chi connectivity index (χ1v) is 5.44. The van der Waals surface area contributed by atoms with Crippen molar-refractivity contribution >= 4 is 10.1 Å². The van der Waals surface area contributed by atoms with Gasteiger partial charge in [0.1, 0.15) is 0 Å². The van der Waals surface area contributed by atoms with Gasteiger partial charge in [-0.25, -0.2) is 8.42 Å². The van der Waals surface area contributed by atoms with Crippen molar-refractivity contribution in [3.05, 3.63) is 35.9 Å². The summed E-state index contributed by atoms with van der Waals surface area (Å²) in [7, 11) is -6.09. The van der Waals surface area contributed by atoms with Crippen molar-refractivity contribution in [2.75, 3.05) is 0 Å². The average Bonchev–Trinajstić information content (AvgIpc) is 2.17. The highest BCUT2D eigenvalue weighted by Crippen LogP contribution is 2.20. The Morgan fingerprint density at radius 1 is 1.19 bits per heavy atom. The number of halogens is 3. The average molecular weight is 257 g/mol. The quantitative estimate of drug-likeness (QED) is 0.586. The summed E-state index contributed by atoms with van der Waals surface area (Å²) in [6, 6.07) is 10.2. The minimum absolute atomic E-state index is 0.890. The van der Waals surface area contributed by atoms with Crippen LogP contribution in [0.25, 0.3) is 0 Å². The van der Waals surface area contributed by atoms with Gasteiger partial charge in [0.25, 0.3) is 0 Å². The Kier molecular flexibility index (Phi) is 5.42. The van der Waals surface area contributed by atoms with Crippen molar-refractivity contribution in [3.63, 3.8) is 0 Å². The zero-order valence-electron chi connectivity index (χ0n) is 8.07. The molecule has 0 aliphatic carbocycles. The number of hydrogen-bond donors (Lipinski definition) is 1. The van der Waals surface area contributed by atoms with Gasteiger partial charge < -0.3 is 10.3 Å². The van der Waals surface area contributed by atoms with Crippen molar-refractivity contribution in [1.29, 1.82) is 0 Å². The van der Waals surface area contributed by atoms with E-state index in [4.69, 9.17) is 13.0 Å². The first-order valence-electron chi connectivity index (χ1n) is 4.04. The van der Waals surface area contributed by atoms with Crippen LogP contribution in [0.1, 0.15) is 5.56 Å². The monoisotopic (exact) mass is 257 g/mol. The van der Waals surface area contributed by atoms with Gasteiger partial charge in [-0.3, -0.25) is 0 Å². The van der Waals surface area contributed by atoms with E-state index in [0.717, 1.165) is 6.54 Å². The molecule has 0 unspecified atom stereocenters. The van der Waals surface area contributed by atoms with Gasteiger partial charge in [0, 0.05) is 5.56 Å². The van der Waals surface area contributed by atoms with E-state index in [1.807, 2.05) is 18.2 Å². The van der Waals surface area contributed by atoms with E-state index in [-0.39, 0.29) is 0 Å². The lowest BCUT2D eigenvalue weighted by Gasteiger charge is -2.08. The van der Waals surface area contributed by atoms with Gasteiger partial charge in [-0.15, -0.1) is 0 Å². The maximum atomic E-state index is 10.7. The van der Waals surface area contributed by atoms with Crippen LogP contribution in [0.3, 0.4) is 0 Å². The molecule has 0 saturated carbocycles. The predicted molar refractivity (Wildman–Crippen MR) is 48.8 cm³/mol. The molecule has 0 radical (unpaired) electrons. The Labute approximate surface area is 90.6 Å². The maximum absolute atomic E-state index is 10.7. The standard InChI is InChI=1S/C7H9N.CHF3O3S/c8-6-7-4-2-1-3-5-7;2-1(3,4)8(5,6)7/h1-5H,6,8H2;(H,5,6,7). The van der Waals surface area contributed by atoms with Crippen LogP contribution in [-0.4, -0.2) is 18.5 Å². The molecule has 8 heteroatoms. The highest BCUT2D eigenvalue weighted by molar-refractivity contribution is 7.86. The molecule has 0 amide bonds. The van der Waals surface area contributed by atoms with Gasteiger partial charge in [0.05, 0.1) is 6.54 Å². The Bertz CT molecular complexity index is 402. The molecule has 1 rings (SSSR count). The van der Waals surface area contributed by atoms with Crippen molar-refractivity contribution in [2.45, 2.75) is 12.1 Å². The van der Waals surface area contributed by atoms with Crippen molar-refractivity contribution in [3.8, 4) is 0 Å². The molecule has 0 atom stereocenters. The van der Waals surface area contributed by atoms with Crippen molar-refractivity contribution in [2.24, 2.45) is 0 Å². The molecule has 92 valence electrons. The molecule has 3 N–H and O–H groups in total. The molecule has 0 spiro atoms. The number of hydrogen-bond acceptors (Lipinski definition) is 3. The van der Waals surface area contributed by atoms with Crippen LogP contribution in [0.4, 0.5) is 13.2 Å².